The van der Waals surface area contributed by atoms with E-state index in [2.05, 4.69) is 5.32 Å². The van der Waals surface area contributed by atoms with Gasteiger partial charge in [0, 0.05) is 5.02 Å². The van der Waals surface area contributed by atoms with Gasteiger partial charge in [0.25, 0.3) is 5.91 Å². The summed E-state index contributed by atoms with van der Waals surface area (Å²) in [6.45, 7) is 1.82. The van der Waals surface area contributed by atoms with E-state index in [4.69, 9.17) is 21.1 Å². The van der Waals surface area contributed by atoms with Crippen LogP contribution in [-0.4, -0.2) is 19.1 Å². The standard InChI is InChI=1S/C17H17ClFNO3/c1-3-15(23-13-7-5-12(19)6-8-13)17(21)20-14-10-11(18)4-9-16(14)22-2/h4-10,15H,3H2,1-2H3,(H,20,21). The van der Waals surface area contributed by atoms with Crippen LogP contribution in [0.5, 0.6) is 11.5 Å². The lowest BCUT2D eigenvalue weighted by atomic mass is 10.2. The average Bonchev–Trinajstić information content (AvgIpc) is 2.54. The summed E-state index contributed by atoms with van der Waals surface area (Å²) in [6.07, 6.45) is -0.268. The molecule has 0 aliphatic heterocycles. The van der Waals surface area contributed by atoms with Gasteiger partial charge in [-0.2, -0.15) is 0 Å². The van der Waals surface area contributed by atoms with E-state index in [1.165, 1.54) is 31.4 Å². The molecule has 0 radical (unpaired) electrons. The van der Waals surface area contributed by atoms with Crippen molar-refractivity contribution in [3.05, 3.63) is 53.3 Å². The number of amides is 1. The van der Waals surface area contributed by atoms with Gasteiger partial charge in [0.05, 0.1) is 12.8 Å². The molecule has 0 aliphatic carbocycles. The number of benzene rings is 2. The zero-order chi connectivity index (χ0) is 16.8. The van der Waals surface area contributed by atoms with Gasteiger partial charge in [-0.05, 0) is 48.9 Å². The summed E-state index contributed by atoms with van der Waals surface area (Å²) < 4.78 is 23.7. The Labute approximate surface area is 139 Å². The van der Waals surface area contributed by atoms with E-state index in [-0.39, 0.29) is 11.7 Å². The molecule has 2 rings (SSSR count). The minimum atomic E-state index is -0.718. The van der Waals surface area contributed by atoms with Crippen molar-refractivity contribution in [2.45, 2.75) is 19.4 Å². The second-order valence-corrected chi connectivity index (χ2v) is 5.24. The monoisotopic (exact) mass is 337 g/mol. The first-order valence-electron chi connectivity index (χ1n) is 7.10. The van der Waals surface area contributed by atoms with E-state index in [1.807, 2.05) is 6.92 Å². The molecule has 2 aromatic carbocycles. The summed E-state index contributed by atoms with van der Waals surface area (Å²) in [5.74, 6) is 0.224. The molecule has 1 atom stereocenters. The molecule has 0 fully saturated rings. The molecule has 122 valence electrons. The van der Waals surface area contributed by atoms with Crippen LogP contribution in [0, 0.1) is 5.82 Å². The van der Waals surface area contributed by atoms with Crippen molar-refractivity contribution in [2.75, 3.05) is 12.4 Å². The summed E-state index contributed by atoms with van der Waals surface area (Å²) in [7, 11) is 1.51. The van der Waals surface area contributed by atoms with Gasteiger partial charge < -0.3 is 14.8 Å². The third-order valence-electron chi connectivity index (χ3n) is 3.17. The summed E-state index contributed by atoms with van der Waals surface area (Å²) >= 11 is 5.94. The number of hydrogen-bond acceptors (Lipinski definition) is 3. The third kappa shape index (κ3) is 4.60. The van der Waals surface area contributed by atoms with Crippen molar-refractivity contribution in [3.63, 3.8) is 0 Å². The number of carbonyl (C=O) groups excluding carboxylic acids is 1. The molecule has 4 nitrogen and oxygen atoms in total. The van der Waals surface area contributed by atoms with Crippen LogP contribution in [0.3, 0.4) is 0 Å². The van der Waals surface area contributed by atoms with E-state index in [9.17, 15) is 9.18 Å². The largest absolute Gasteiger partial charge is 0.495 e. The molecule has 2 aromatic rings. The fraction of sp³-hybridized carbons (Fsp3) is 0.235. The van der Waals surface area contributed by atoms with Crippen LogP contribution in [0.4, 0.5) is 10.1 Å². The van der Waals surface area contributed by atoms with E-state index >= 15 is 0 Å². The molecule has 0 saturated carbocycles. The zero-order valence-corrected chi connectivity index (χ0v) is 13.6. The Bertz CT molecular complexity index is 676. The van der Waals surface area contributed by atoms with E-state index in [1.54, 1.807) is 18.2 Å². The second kappa shape index (κ2) is 7.83. The number of nitrogens with one attached hydrogen (secondary N) is 1. The lowest BCUT2D eigenvalue weighted by Gasteiger charge is -2.18. The summed E-state index contributed by atoms with van der Waals surface area (Å²) in [5, 5.41) is 3.22. The Morgan fingerprint density at radius 2 is 1.96 bits per heavy atom. The molecule has 0 spiro atoms. The molecule has 0 bridgehead atoms. The number of methoxy groups -OCH3 is 1. The van der Waals surface area contributed by atoms with Crippen molar-refractivity contribution in [3.8, 4) is 11.5 Å². The molecular weight excluding hydrogens is 321 g/mol. The lowest BCUT2D eigenvalue weighted by molar-refractivity contribution is -0.122. The number of hydrogen-bond donors (Lipinski definition) is 1. The van der Waals surface area contributed by atoms with Crippen LogP contribution in [0.1, 0.15) is 13.3 Å². The Morgan fingerprint density at radius 1 is 1.26 bits per heavy atom. The highest BCUT2D eigenvalue weighted by Crippen LogP contribution is 2.28. The maximum absolute atomic E-state index is 12.9. The molecule has 6 heteroatoms. The highest BCUT2D eigenvalue weighted by Gasteiger charge is 2.20. The fourth-order valence-corrected chi connectivity index (χ4v) is 2.16. The van der Waals surface area contributed by atoms with E-state index in [0.29, 0.717) is 28.6 Å². The van der Waals surface area contributed by atoms with Crippen molar-refractivity contribution >= 4 is 23.2 Å². The summed E-state index contributed by atoms with van der Waals surface area (Å²) in [6, 6.07) is 10.4. The predicted molar refractivity (Wildman–Crippen MR) is 87.7 cm³/mol. The number of halogens is 2. The van der Waals surface area contributed by atoms with Crippen LogP contribution in [0.15, 0.2) is 42.5 Å². The van der Waals surface area contributed by atoms with E-state index in [0.717, 1.165) is 0 Å². The molecule has 1 N–H and O–H groups in total. The predicted octanol–water partition coefficient (Wildman–Crippen LogP) is 4.28. The van der Waals surface area contributed by atoms with Gasteiger partial charge in [-0.25, -0.2) is 4.39 Å². The average molecular weight is 338 g/mol. The minimum absolute atomic E-state index is 0.336. The maximum atomic E-state index is 12.9. The highest BCUT2D eigenvalue weighted by molar-refractivity contribution is 6.31. The fourth-order valence-electron chi connectivity index (χ4n) is 1.99. The van der Waals surface area contributed by atoms with Crippen molar-refractivity contribution in [1.82, 2.24) is 0 Å². The quantitative estimate of drug-likeness (QED) is 0.855. The second-order valence-electron chi connectivity index (χ2n) is 4.80. The Morgan fingerprint density at radius 3 is 2.57 bits per heavy atom. The SMILES string of the molecule is CCC(Oc1ccc(F)cc1)C(=O)Nc1cc(Cl)ccc1OC. The molecule has 0 aromatic heterocycles. The topological polar surface area (TPSA) is 47.6 Å². The molecule has 0 heterocycles. The number of ether oxygens (including phenoxy) is 2. The maximum Gasteiger partial charge on any atom is 0.265 e. The van der Waals surface area contributed by atoms with Crippen molar-refractivity contribution in [1.29, 1.82) is 0 Å². The van der Waals surface area contributed by atoms with Crippen molar-refractivity contribution in [2.24, 2.45) is 0 Å². The van der Waals surface area contributed by atoms with Crippen LogP contribution >= 0.6 is 11.6 Å². The van der Waals surface area contributed by atoms with Gasteiger partial charge in [0.1, 0.15) is 17.3 Å². The summed E-state index contributed by atoms with van der Waals surface area (Å²) in [5.41, 5.74) is 0.464. The van der Waals surface area contributed by atoms with Gasteiger partial charge in [-0.3, -0.25) is 4.79 Å². The zero-order valence-electron chi connectivity index (χ0n) is 12.8. The molecule has 1 unspecified atom stereocenters. The molecule has 0 aliphatic rings. The number of rotatable bonds is 6. The van der Waals surface area contributed by atoms with Gasteiger partial charge >= 0.3 is 0 Å². The van der Waals surface area contributed by atoms with Crippen LogP contribution in [-0.2, 0) is 4.79 Å². The van der Waals surface area contributed by atoms with Gasteiger partial charge in [-0.15, -0.1) is 0 Å². The first-order valence-corrected chi connectivity index (χ1v) is 7.48. The normalized spacial score (nSPS) is 11.7. The van der Waals surface area contributed by atoms with Crippen molar-refractivity contribution < 1.29 is 18.7 Å². The van der Waals surface area contributed by atoms with Crippen LogP contribution in [0.2, 0.25) is 5.02 Å². The number of carbonyl (C=O) groups is 1. The lowest BCUT2D eigenvalue weighted by Crippen LogP contribution is -2.32. The summed E-state index contributed by atoms with van der Waals surface area (Å²) in [4.78, 5) is 12.4. The first-order chi connectivity index (χ1) is 11.0. The Hall–Kier alpha value is -2.27. The van der Waals surface area contributed by atoms with Gasteiger partial charge in [-0.1, -0.05) is 18.5 Å². The third-order valence-corrected chi connectivity index (χ3v) is 3.41. The minimum Gasteiger partial charge on any atom is -0.495 e. The number of anilines is 1. The Kier molecular flexibility index (Phi) is 5.82. The first kappa shape index (κ1) is 17.1. The smallest absolute Gasteiger partial charge is 0.265 e. The van der Waals surface area contributed by atoms with Crippen LogP contribution < -0.4 is 14.8 Å². The van der Waals surface area contributed by atoms with Crippen LogP contribution in [0.25, 0.3) is 0 Å². The molecule has 23 heavy (non-hydrogen) atoms. The molecular formula is C17H17ClFNO3. The highest BCUT2D eigenvalue weighted by atomic mass is 35.5. The van der Waals surface area contributed by atoms with Gasteiger partial charge in [0.15, 0.2) is 6.10 Å². The molecule has 1 amide bonds. The Balaban J connectivity index is 2.11. The van der Waals surface area contributed by atoms with E-state index < -0.39 is 6.10 Å². The molecule has 0 saturated heterocycles. The van der Waals surface area contributed by atoms with Gasteiger partial charge in [0.2, 0.25) is 0 Å².